The molecule has 1 aromatic heterocycles. The Hall–Kier alpha value is -4.36. The maximum absolute atomic E-state index is 14.1. The molecule has 230 valence electrons. The lowest BCUT2D eigenvalue weighted by molar-refractivity contribution is -0.218. The van der Waals surface area contributed by atoms with Gasteiger partial charge in [0.05, 0.1) is 19.0 Å². The molecule has 10 nitrogen and oxygen atoms in total. The molecule has 2 N–H and O–H groups in total. The van der Waals surface area contributed by atoms with Crippen LogP contribution in [0.5, 0.6) is 5.75 Å². The summed E-state index contributed by atoms with van der Waals surface area (Å²) in [6.45, 7) is 1.27. The minimum atomic E-state index is -1.24. The Morgan fingerprint density at radius 2 is 1.82 bits per heavy atom. The Morgan fingerprint density at radius 3 is 2.50 bits per heavy atom. The molecule has 14 heteroatoms. The lowest BCUT2D eigenvalue weighted by atomic mass is 9.85. The van der Waals surface area contributed by atoms with Crippen LogP contribution in [0.15, 0.2) is 47.4 Å². The van der Waals surface area contributed by atoms with Crippen LogP contribution >= 0.6 is 11.6 Å². The molecule has 2 bridgehead atoms. The van der Waals surface area contributed by atoms with E-state index in [1.54, 1.807) is 24.3 Å². The van der Waals surface area contributed by atoms with Crippen LogP contribution in [-0.4, -0.2) is 55.5 Å². The summed E-state index contributed by atoms with van der Waals surface area (Å²) in [5, 5.41) is 15.0. The Morgan fingerprint density at radius 1 is 1.14 bits per heavy atom. The van der Waals surface area contributed by atoms with E-state index in [1.807, 2.05) is 6.92 Å². The van der Waals surface area contributed by atoms with Gasteiger partial charge in [-0.25, -0.2) is 18.2 Å². The molecule has 0 saturated carbocycles. The Kier molecular flexibility index (Phi) is 7.41. The van der Waals surface area contributed by atoms with Gasteiger partial charge in [-0.15, -0.1) is 0 Å². The molecule has 3 aliphatic heterocycles. The number of hydroxylamine groups is 2. The van der Waals surface area contributed by atoms with Crippen molar-refractivity contribution < 1.29 is 37.5 Å². The molecule has 3 aromatic rings. The molecule has 1 spiro atoms. The summed E-state index contributed by atoms with van der Waals surface area (Å²) in [5.41, 5.74) is -3.21. The molecular weight excluding hydrogens is 605 g/mol. The van der Waals surface area contributed by atoms with Gasteiger partial charge in [-0.05, 0) is 37.5 Å². The second-order valence-corrected chi connectivity index (χ2v) is 11.7. The average molecular weight is 631 g/mol. The molecule has 3 amide bonds. The number of rotatable bonds is 5. The fraction of sp³-hybridized carbons (Fsp3) is 0.333. The van der Waals surface area contributed by atoms with Crippen LogP contribution in [0.1, 0.15) is 64.2 Å². The number of nitrogens with one attached hydrogen (secondary N) is 1. The number of carbonyl (C=O) groups is 3. The van der Waals surface area contributed by atoms with Crippen molar-refractivity contribution in [2.75, 3.05) is 6.54 Å². The van der Waals surface area contributed by atoms with Gasteiger partial charge in [-0.2, -0.15) is 0 Å². The van der Waals surface area contributed by atoms with Crippen LogP contribution < -0.4 is 10.7 Å². The van der Waals surface area contributed by atoms with E-state index < -0.39 is 69.8 Å². The molecule has 2 saturated heterocycles. The van der Waals surface area contributed by atoms with Crippen LogP contribution in [0.25, 0.3) is 0 Å². The number of carbonyl (C=O) groups excluding carboxylic acids is 3. The molecule has 2 aromatic carbocycles. The number of nitrogens with zero attached hydrogens (tertiary/aromatic N) is 3. The van der Waals surface area contributed by atoms with Crippen LogP contribution in [0.2, 0.25) is 5.02 Å². The van der Waals surface area contributed by atoms with Gasteiger partial charge in [-0.3, -0.25) is 24.0 Å². The number of amides is 3. The second-order valence-electron chi connectivity index (χ2n) is 11.3. The molecule has 3 aliphatic rings. The monoisotopic (exact) mass is 630 g/mol. The third-order valence-corrected chi connectivity index (χ3v) is 8.79. The highest BCUT2D eigenvalue weighted by Gasteiger charge is 2.56. The first-order valence-corrected chi connectivity index (χ1v) is 14.2. The first kappa shape index (κ1) is 29.7. The average Bonchev–Trinajstić information content (AvgIpc) is 3.22. The Labute approximate surface area is 253 Å². The maximum atomic E-state index is 14.1. The van der Waals surface area contributed by atoms with Gasteiger partial charge >= 0.3 is 0 Å². The molecule has 2 fully saturated rings. The SMILES string of the molecule is C[C@H]1CCC2(CC(=O)N(Cc3ccc(Cl)cc3)O2)[C@H]2CN1C(=O)c1c(O)c(=O)c(C(=O)NCc3c(F)cc(F)cc3F)cn12. The van der Waals surface area contributed by atoms with E-state index in [-0.39, 0.29) is 37.2 Å². The lowest BCUT2D eigenvalue weighted by Gasteiger charge is -2.42. The highest BCUT2D eigenvalue weighted by Crippen LogP contribution is 2.47. The summed E-state index contributed by atoms with van der Waals surface area (Å²) in [6.07, 6.45) is 1.81. The molecule has 4 heterocycles. The second kappa shape index (κ2) is 11.0. The van der Waals surface area contributed by atoms with Crippen LogP contribution in [-0.2, 0) is 22.7 Å². The summed E-state index contributed by atoms with van der Waals surface area (Å²) in [6, 6.07) is 6.67. The standard InChI is InChI=1S/C30H26ClF3N4O6/c1-15-6-7-30(10-24(39)38(44-30)12-16-2-4-17(31)5-3-16)23-14-36(15)29(43)25-27(41)26(40)20(13-37(23)25)28(42)35-11-19-21(33)8-18(32)9-22(19)34/h2-5,8-9,13,15,23,41H,6-7,10-12,14H2,1H3,(H,35,42)/t15-,23+,30?/m0/s1. The van der Waals surface area contributed by atoms with Crippen LogP contribution in [0.4, 0.5) is 13.2 Å². The quantitative estimate of drug-likeness (QED) is 0.442. The van der Waals surface area contributed by atoms with Gasteiger partial charge in [0.2, 0.25) is 11.3 Å². The van der Waals surface area contributed by atoms with Crippen molar-refractivity contribution in [3.63, 3.8) is 0 Å². The molecule has 3 atom stereocenters. The minimum absolute atomic E-state index is 0.0600. The van der Waals surface area contributed by atoms with Crippen molar-refractivity contribution >= 4 is 29.3 Å². The summed E-state index contributed by atoms with van der Waals surface area (Å²) < 4.78 is 42.9. The summed E-state index contributed by atoms with van der Waals surface area (Å²) in [7, 11) is 0. The zero-order chi connectivity index (χ0) is 31.5. The van der Waals surface area contributed by atoms with Gasteiger partial charge < -0.3 is 19.9 Å². The van der Waals surface area contributed by atoms with Gasteiger partial charge in [0.25, 0.3) is 11.8 Å². The van der Waals surface area contributed by atoms with Gasteiger partial charge in [0.15, 0.2) is 11.4 Å². The smallest absolute Gasteiger partial charge is 0.274 e. The Balaban J connectivity index is 1.36. The highest BCUT2D eigenvalue weighted by atomic mass is 35.5. The van der Waals surface area contributed by atoms with Gasteiger partial charge in [0, 0.05) is 48.0 Å². The fourth-order valence-electron chi connectivity index (χ4n) is 6.15. The lowest BCUT2D eigenvalue weighted by Crippen LogP contribution is -2.52. The van der Waals surface area contributed by atoms with Gasteiger partial charge in [0.1, 0.15) is 28.6 Å². The van der Waals surface area contributed by atoms with E-state index in [0.717, 1.165) is 11.8 Å². The topological polar surface area (TPSA) is 121 Å². The largest absolute Gasteiger partial charge is 0.503 e. The maximum Gasteiger partial charge on any atom is 0.274 e. The normalized spacial score (nSPS) is 22.8. The number of pyridine rings is 1. The van der Waals surface area contributed by atoms with E-state index in [2.05, 4.69) is 5.32 Å². The third-order valence-electron chi connectivity index (χ3n) is 8.54. The summed E-state index contributed by atoms with van der Waals surface area (Å²) >= 11 is 5.99. The van der Waals surface area contributed by atoms with Crippen molar-refractivity contribution in [3.8, 4) is 5.75 Å². The van der Waals surface area contributed by atoms with E-state index in [9.17, 15) is 37.5 Å². The molecule has 0 aliphatic carbocycles. The first-order chi connectivity index (χ1) is 20.9. The fourth-order valence-corrected chi connectivity index (χ4v) is 6.27. The van der Waals surface area contributed by atoms with Crippen LogP contribution in [0, 0.1) is 17.5 Å². The number of benzene rings is 2. The number of fused-ring (bicyclic) bond motifs is 5. The third kappa shape index (κ3) is 4.99. The molecule has 44 heavy (non-hydrogen) atoms. The van der Waals surface area contributed by atoms with Crippen LogP contribution in [0.3, 0.4) is 0 Å². The summed E-state index contributed by atoms with van der Waals surface area (Å²) in [5.74, 6) is -6.64. The van der Waals surface area contributed by atoms with Crippen molar-refractivity contribution in [2.45, 2.75) is 57.0 Å². The minimum Gasteiger partial charge on any atom is -0.503 e. The zero-order valence-corrected chi connectivity index (χ0v) is 24.0. The highest BCUT2D eigenvalue weighted by molar-refractivity contribution is 6.30. The predicted molar refractivity (Wildman–Crippen MR) is 149 cm³/mol. The molecule has 0 radical (unpaired) electrons. The number of aromatic hydroxyl groups is 1. The Bertz CT molecular complexity index is 1740. The van der Waals surface area contributed by atoms with E-state index >= 15 is 0 Å². The van der Waals surface area contributed by atoms with Crippen molar-refractivity contribution in [1.82, 2.24) is 19.8 Å². The molecular formula is C30H26ClF3N4O6. The first-order valence-electron chi connectivity index (χ1n) is 13.8. The summed E-state index contributed by atoms with van der Waals surface area (Å²) in [4.78, 5) is 61.0. The molecule has 1 unspecified atom stereocenters. The van der Waals surface area contributed by atoms with E-state index in [4.69, 9.17) is 16.4 Å². The predicted octanol–water partition coefficient (Wildman–Crippen LogP) is 3.84. The number of hydrogen-bond donors (Lipinski definition) is 2. The zero-order valence-electron chi connectivity index (χ0n) is 23.3. The number of aromatic nitrogens is 1. The van der Waals surface area contributed by atoms with E-state index in [1.165, 1.54) is 14.5 Å². The molecule has 6 rings (SSSR count). The van der Waals surface area contributed by atoms with Crippen molar-refractivity contribution in [3.05, 3.63) is 97.7 Å². The van der Waals surface area contributed by atoms with Crippen molar-refractivity contribution in [2.24, 2.45) is 0 Å². The number of halogens is 4. The van der Waals surface area contributed by atoms with E-state index in [0.29, 0.717) is 30.0 Å². The number of hydrogen-bond acceptors (Lipinski definition) is 6. The van der Waals surface area contributed by atoms with Crippen molar-refractivity contribution in [1.29, 1.82) is 0 Å². The van der Waals surface area contributed by atoms with Gasteiger partial charge in [-0.1, -0.05) is 23.7 Å².